The average molecular weight is 412 g/mol. The van der Waals surface area contributed by atoms with E-state index < -0.39 is 5.82 Å². The number of nitriles is 1. The molecule has 0 spiro atoms. The van der Waals surface area contributed by atoms with E-state index in [0.29, 0.717) is 31.7 Å². The van der Waals surface area contributed by atoms with Crippen LogP contribution in [0.1, 0.15) is 12.8 Å². The number of rotatable bonds is 7. The van der Waals surface area contributed by atoms with E-state index in [1.165, 1.54) is 0 Å². The highest BCUT2D eigenvalue weighted by Crippen LogP contribution is 2.51. The van der Waals surface area contributed by atoms with Gasteiger partial charge < -0.3 is 20.6 Å². The number of amides is 1. The second-order valence-electron chi connectivity index (χ2n) is 8.21. The Hall–Kier alpha value is -3.26. The zero-order chi connectivity index (χ0) is 20.9. The van der Waals surface area contributed by atoms with Gasteiger partial charge in [0.25, 0.3) is 0 Å². The van der Waals surface area contributed by atoms with Gasteiger partial charge >= 0.3 is 0 Å². The molecule has 1 saturated heterocycles. The molecule has 3 fully saturated rings. The minimum atomic E-state index is -0.522. The van der Waals surface area contributed by atoms with Crippen molar-refractivity contribution in [2.45, 2.75) is 24.9 Å². The number of carbonyl (C=O) groups is 1. The second kappa shape index (κ2) is 6.91. The number of aliphatic hydroxyl groups excluding tert-OH is 1. The highest BCUT2D eigenvalue weighted by molar-refractivity contribution is 5.83. The summed E-state index contributed by atoms with van der Waals surface area (Å²) in [5.74, 6) is -0.296. The molecular formula is C19H21FN8O2. The number of hydrogen-bond donors (Lipinski definition) is 3. The van der Waals surface area contributed by atoms with Crippen molar-refractivity contribution in [3.8, 4) is 6.07 Å². The van der Waals surface area contributed by atoms with Crippen molar-refractivity contribution in [3.63, 3.8) is 0 Å². The highest BCUT2D eigenvalue weighted by Gasteiger charge is 2.62. The van der Waals surface area contributed by atoms with Gasteiger partial charge in [0, 0.05) is 25.2 Å². The molecule has 3 heterocycles. The van der Waals surface area contributed by atoms with Gasteiger partial charge in [-0.25, -0.2) is 9.37 Å². The van der Waals surface area contributed by atoms with Crippen LogP contribution >= 0.6 is 0 Å². The fourth-order valence-electron chi connectivity index (χ4n) is 4.23. The number of nitrogens with one attached hydrogen (secondary N) is 2. The van der Waals surface area contributed by atoms with Gasteiger partial charge in [-0.05, 0) is 12.8 Å². The lowest BCUT2D eigenvalue weighted by Crippen LogP contribution is -2.43. The number of aromatic nitrogens is 4. The Morgan fingerprint density at radius 3 is 3.10 bits per heavy atom. The lowest BCUT2D eigenvalue weighted by molar-refractivity contribution is -0.123. The van der Waals surface area contributed by atoms with Crippen LogP contribution in [-0.2, 0) is 11.3 Å². The quantitative estimate of drug-likeness (QED) is 0.596. The van der Waals surface area contributed by atoms with Gasteiger partial charge in [-0.3, -0.25) is 9.48 Å². The van der Waals surface area contributed by atoms with Crippen LogP contribution in [0.4, 0.5) is 21.8 Å². The summed E-state index contributed by atoms with van der Waals surface area (Å²) in [6.45, 7) is 1.43. The van der Waals surface area contributed by atoms with Gasteiger partial charge in [-0.2, -0.15) is 15.3 Å². The Balaban J connectivity index is 1.26. The zero-order valence-corrected chi connectivity index (χ0v) is 16.1. The normalized spacial score (nSPS) is 28.6. The number of piperidine rings is 1. The maximum absolute atomic E-state index is 14.5. The first-order valence-electron chi connectivity index (χ1n) is 9.91. The van der Waals surface area contributed by atoms with Gasteiger partial charge in [0.15, 0.2) is 11.6 Å². The van der Waals surface area contributed by atoms with E-state index in [2.05, 4.69) is 31.8 Å². The first-order valence-corrected chi connectivity index (χ1v) is 9.91. The molecule has 1 amide bonds. The van der Waals surface area contributed by atoms with Crippen LogP contribution in [0.15, 0.2) is 18.6 Å². The van der Waals surface area contributed by atoms with Crippen LogP contribution in [0.2, 0.25) is 0 Å². The van der Waals surface area contributed by atoms with Crippen molar-refractivity contribution >= 4 is 23.4 Å². The summed E-state index contributed by atoms with van der Waals surface area (Å²) in [5, 5.41) is 28.1. The van der Waals surface area contributed by atoms with E-state index >= 15 is 0 Å². The molecule has 2 aromatic rings. The molecule has 30 heavy (non-hydrogen) atoms. The minimum Gasteiger partial charge on any atom is -0.394 e. The summed E-state index contributed by atoms with van der Waals surface area (Å²) in [4.78, 5) is 22.5. The molecule has 2 saturated carbocycles. The van der Waals surface area contributed by atoms with Crippen molar-refractivity contribution in [2.75, 3.05) is 29.9 Å². The van der Waals surface area contributed by atoms with Crippen LogP contribution in [0.25, 0.3) is 0 Å². The molecule has 2 aromatic heterocycles. The minimum absolute atomic E-state index is 0.0232. The standard InChI is InChI=1S/C19H21FN8O2/c20-15-7-22-18(24-13-6-23-28(9-13)1-2-29)25-16(15)27-8-12-4-19(12,10-27)26-17(30)14-3-11(14)5-21/h6-7,9,11-12,14,29H,1-4,8,10H2,(H,26,30)(H,22,24,25)/t11-,12-,14+,19-/m1/s1. The summed E-state index contributed by atoms with van der Waals surface area (Å²) in [6.07, 6.45) is 5.88. The van der Waals surface area contributed by atoms with Crippen LogP contribution in [-0.4, -0.2) is 56.0 Å². The molecule has 10 nitrogen and oxygen atoms in total. The van der Waals surface area contributed by atoms with E-state index in [9.17, 15) is 9.18 Å². The molecule has 1 aliphatic heterocycles. The van der Waals surface area contributed by atoms with E-state index in [0.717, 1.165) is 12.6 Å². The van der Waals surface area contributed by atoms with Crippen LogP contribution in [0.3, 0.4) is 0 Å². The number of nitrogens with zero attached hydrogens (tertiary/aromatic N) is 6. The van der Waals surface area contributed by atoms with E-state index in [1.807, 2.05) is 4.90 Å². The SMILES string of the molecule is N#C[C@H]1C[C@@H]1C(=O)N[C@@]12C[C@@H]1CN(c1nc(Nc3cnn(CCO)c3)ncc1F)C2. The van der Waals surface area contributed by atoms with E-state index in [1.54, 1.807) is 17.1 Å². The van der Waals surface area contributed by atoms with Crippen LogP contribution in [0, 0.1) is 34.9 Å². The third-order valence-corrected chi connectivity index (χ3v) is 6.05. The Bertz CT molecular complexity index is 1040. The van der Waals surface area contributed by atoms with E-state index in [4.69, 9.17) is 10.4 Å². The molecule has 5 rings (SSSR count). The predicted molar refractivity (Wildman–Crippen MR) is 103 cm³/mol. The number of anilines is 3. The zero-order valence-electron chi connectivity index (χ0n) is 16.1. The Kier molecular flexibility index (Phi) is 4.32. The smallest absolute Gasteiger partial charge is 0.229 e. The molecule has 3 N–H and O–H groups in total. The van der Waals surface area contributed by atoms with Crippen LogP contribution < -0.4 is 15.5 Å². The molecule has 2 aliphatic carbocycles. The van der Waals surface area contributed by atoms with Crippen molar-refractivity contribution in [1.82, 2.24) is 25.1 Å². The second-order valence-corrected chi connectivity index (χ2v) is 8.21. The summed E-state index contributed by atoms with van der Waals surface area (Å²) in [7, 11) is 0. The third kappa shape index (κ3) is 3.33. The first kappa shape index (κ1) is 18.7. The predicted octanol–water partition coefficient (Wildman–Crippen LogP) is 0.403. The Morgan fingerprint density at radius 1 is 1.47 bits per heavy atom. The molecule has 3 aliphatic rings. The number of aliphatic hydroxyl groups is 1. The summed E-state index contributed by atoms with van der Waals surface area (Å²) >= 11 is 0. The molecule has 156 valence electrons. The molecular weight excluding hydrogens is 391 g/mol. The summed E-state index contributed by atoms with van der Waals surface area (Å²) < 4.78 is 16.0. The van der Waals surface area contributed by atoms with Crippen molar-refractivity contribution in [3.05, 3.63) is 24.4 Å². The fraction of sp³-hybridized carbons (Fsp3) is 0.526. The monoisotopic (exact) mass is 412 g/mol. The van der Waals surface area contributed by atoms with Gasteiger partial charge in [0.05, 0.1) is 54.7 Å². The summed E-state index contributed by atoms with van der Waals surface area (Å²) in [6, 6.07) is 2.13. The van der Waals surface area contributed by atoms with Gasteiger partial charge in [-0.15, -0.1) is 0 Å². The number of hydrogen-bond acceptors (Lipinski definition) is 8. The molecule has 0 radical (unpaired) electrons. The molecule has 0 unspecified atom stereocenters. The molecule has 0 bridgehead atoms. The fourth-order valence-corrected chi connectivity index (χ4v) is 4.23. The van der Waals surface area contributed by atoms with Gasteiger partial charge in [-0.1, -0.05) is 0 Å². The number of halogens is 1. The number of fused-ring (bicyclic) bond motifs is 1. The van der Waals surface area contributed by atoms with Crippen molar-refractivity contribution in [1.29, 1.82) is 5.26 Å². The highest BCUT2D eigenvalue weighted by atomic mass is 19.1. The van der Waals surface area contributed by atoms with Gasteiger partial charge in [0.2, 0.25) is 11.9 Å². The topological polar surface area (TPSA) is 132 Å². The maximum atomic E-state index is 14.5. The van der Waals surface area contributed by atoms with Gasteiger partial charge in [0.1, 0.15) is 0 Å². The Morgan fingerprint density at radius 2 is 2.33 bits per heavy atom. The largest absolute Gasteiger partial charge is 0.394 e. The summed E-state index contributed by atoms with van der Waals surface area (Å²) in [5.41, 5.74) is 0.279. The lowest BCUT2D eigenvalue weighted by atomic mass is 10.2. The van der Waals surface area contributed by atoms with E-state index in [-0.39, 0.29) is 47.6 Å². The van der Waals surface area contributed by atoms with Crippen LogP contribution in [0.5, 0.6) is 0 Å². The third-order valence-electron chi connectivity index (χ3n) is 6.05. The molecule has 0 aromatic carbocycles. The van der Waals surface area contributed by atoms with Crippen molar-refractivity contribution in [2.24, 2.45) is 17.8 Å². The average Bonchev–Trinajstić information content (AvgIpc) is 3.57. The first-order chi connectivity index (χ1) is 14.5. The number of carbonyl (C=O) groups excluding carboxylic acids is 1. The molecule has 11 heteroatoms. The van der Waals surface area contributed by atoms with Crippen molar-refractivity contribution < 1.29 is 14.3 Å². The Labute approximate surface area is 171 Å². The maximum Gasteiger partial charge on any atom is 0.229 e. The molecule has 4 atom stereocenters. The lowest BCUT2D eigenvalue weighted by Gasteiger charge is -2.23.